The molecule has 0 bridgehead atoms. The molecule has 0 saturated carbocycles. The Morgan fingerprint density at radius 1 is 1.10 bits per heavy atom. The minimum absolute atomic E-state index is 0.471. The van der Waals surface area contributed by atoms with Gasteiger partial charge in [-0.3, -0.25) is 0 Å². The van der Waals surface area contributed by atoms with Gasteiger partial charge in [0.2, 0.25) is 0 Å². The third-order valence-corrected chi connectivity index (χ3v) is 4.14. The molecule has 108 valence electrons. The number of hydrogen-bond acceptors (Lipinski definition) is 2. The highest BCUT2D eigenvalue weighted by atomic mass is 35.5. The summed E-state index contributed by atoms with van der Waals surface area (Å²) in [4.78, 5) is 4.49. The number of imidazole rings is 1. The topological polar surface area (TPSA) is 38.1 Å². The van der Waals surface area contributed by atoms with Crippen LogP contribution in [-0.4, -0.2) is 14.7 Å². The highest BCUT2D eigenvalue weighted by Crippen LogP contribution is 2.28. The number of para-hydroxylation sites is 2. The molecule has 3 rings (SSSR count). The van der Waals surface area contributed by atoms with Crippen molar-refractivity contribution in [1.82, 2.24) is 9.55 Å². The van der Waals surface area contributed by atoms with Gasteiger partial charge < -0.3 is 9.67 Å². The summed E-state index contributed by atoms with van der Waals surface area (Å²) < 4.78 is 1.95. The van der Waals surface area contributed by atoms with Crippen molar-refractivity contribution in [3.8, 4) is 0 Å². The Hall–Kier alpha value is -1.55. The van der Waals surface area contributed by atoms with Gasteiger partial charge in [0.1, 0.15) is 11.9 Å². The quantitative estimate of drug-likeness (QED) is 0.774. The van der Waals surface area contributed by atoms with Gasteiger partial charge in [0.25, 0.3) is 0 Å². The van der Waals surface area contributed by atoms with Crippen LogP contribution in [0, 0.1) is 0 Å². The second-order valence-electron chi connectivity index (χ2n) is 4.92. The molecule has 1 atom stereocenters. The Morgan fingerprint density at radius 2 is 1.76 bits per heavy atom. The molecular formula is C16H14Cl2N2O. The van der Waals surface area contributed by atoms with Gasteiger partial charge in [0.15, 0.2) is 0 Å². The number of aliphatic hydroxyl groups excluding tert-OH is 1. The maximum atomic E-state index is 9.97. The fourth-order valence-electron chi connectivity index (χ4n) is 2.42. The van der Waals surface area contributed by atoms with E-state index in [2.05, 4.69) is 4.98 Å². The Morgan fingerprint density at radius 3 is 2.43 bits per heavy atom. The van der Waals surface area contributed by atoms with E-state index in [0.29, 0.717) is 22.4 Å². The van der Waals surface area contributed by atoms with E-state index in [1.807, 2.05) is 47.0 Å². The summed E-state index contributed by atoms with van der Waals surface area (Å²) >= 11 is 12.5. The zero-order chi connectivity index (χ0) is 15.0. The SMILES string of the molecule is C[C@@H](O)c1nc2ccccc2n1Cc1c(Cl)cccc1Cl. The summed E-state index contributed by atoms with van der Waals surface area (Å²) in [6, 6.07) is 13.2. The number of hydrogen-bond donors (Lipinski definition) is 1. The lowest BCUT2D eigenvalue weighted by Gasteiger charge is -2.13. The van der Waals surface area contributed by atoms with E-state index in [9.17, 15) is 5.11 Å². The minimum Gasteiger partial charge on any atom is -0.385 e. The fourth-order valence-corrected chi connectivity index (χ4v) is 2.94. The molecule has 0 saturated heterocycles. The molecule has 1 heterocycles. The third kappa shape index (κ3) is 2.64. The first-order chi connectivity index (χ1) is 10.1. The zero-order valence-electron chi connectivity index (χ0n) is 11.4. The first-order valence-corrected chi connectivity index (χ1v) is 7.39. The normalized spacial score (nSPS) is 12.8. The van der Waals surface area contributed by atoms with Gasteiger partial charge in [0.05, 0.1) is 17.6 Å². The third-order valence-electron chi connectivity index (χ3n) is 3.44. The lowest BCUT2D eigenvalue weighted by molar-refractivity contribution is 0.185. The molecule has 0 aliphatic carbocycles. The Bertz CT molecular complexity index is 776. The van der Waals surface area contributed by atoms with Gasteiger partial charge >= 0.3 is 0 Å². The van der Waals surface area contributed by atoms with Crippen LogP contribution in [0.2, 0.25) is 10.0 Å². The maximum absolute atomic E-state index is 9.97. The molecule has 5 heteroatoms. The monoisotopic (exact) mass is 320 g/mol. The molecule has 0 amide bonds. The van der Waals surface area contributed by atoms with Gasteiger partial charge in [-0.05, 0) is 31.2 Å². The van der Waals surface area contributed by atoms with Crippen molar-refractivity contribution in [1.29, 1.82) is 0 Å². The highest BCUT2D eigenvalue weighted by Gasteiger charge is 2.16. The van der Waals surface area contributed by atoms with Gasteiger partial charge in [-0.2, -0.15) is 0 Å². The van der Waals surface area contributed by atoms with Crippen LogP contribution in [0.4, 0.5) is 0 Å². The van der Waals surface area contributed by atoms with Crippen LogP contribution >= 0.6 is 23.2 Å². The molecule has 0 unspecified atom stereocenters. The van der Waals surface area contributed by atoms with Crippen LogP contribution in [0.3, 0.4) is 0 Å². The predicted molar refractivity (Wildman–Crippen MR) is 85.9 cm³/mol. The summed E-state index contributed by atoms with van der Waals surface area (Å²) in [5.74, 6) is 0.604. The Balaban J connectivity index is 2.17. The van der Waals surface area contributed by atoms with Gasteiger partial charge in [0, 0.05) is 15.6 Å². The second-order valence-corrected chi connectivity index (χ2v) is 5.74. The van der Waals surface area contributed by atoms with Gasteiger partial charge in [-0.1, -0.05) is 41.4 Å². The summed E-state index contributed by atoms with van der Waals surface area (Å²) in [6.07, 6.45) is -0.668. The number of benzene rings is 2. The number of aliphatic hydroxyl groups is 1. The molecule has 21 heavy (non-hydrogen) atoms. The van der Waals surface area contributed by atoms with E-state index in [4.69, 9.17) is 23.2 Å². The van der Waals surface area contributed by atoms with E-state index < -0.39 is 6.10 Å². The minimum atomic E-state index is -0.668. The molecule has 3 nitrogen and oxygen atoms in total. The number of rotatable bonds is 3. The smallest absolute Gasteiger partial charge is 0.138 e. The van der Waals surface area contributed by atoms with Crippen LogP contribution in [0.5, 0.6) is 0 Å². The average molecular weight is 321 g/mol. The highest BCUT2D eigenvalue weighted by molar-refractivity contribution is 6.36. The fraction of sp³-hybridized carbons (Fsp3) is 0.188. The van der Waals surface area contributed by atoms with E-state index in [-0.39, 0.29) is 0 Å². The molecule has 1 aromatic heterocycles. The van der Waals surface area contributed by atoms with Crippen LogP contribution in [0.1, 0.15) is 24.4 Å². The molecule has 3 aromatic rings. The van der Waals surface area contributed by atoms with E-state index in [1.165, 1.54) is 0 Å². The number of aromatic nitrogens is 2. The maximum Gasteiger partial charge on any atom is 0.138 e. The van der Waals surface area contributed by atoms with Crippen LogP contribution in [-0.2, 0) is 6.54 Å². The predicted octanol–water partition coefficient (Wildman–Crippen LogP) is 4.44. The molecule has 0 aliphatic rings. The Labute approximate surface area is 132 Å². The standard InChI is InChI=1S/C16H14Cl2N2O/c1-10(21)16-19-14-7-2-3-8-15(14)20(16)9-11-12(17)5-4-6-13(11)18/h2-8,10,21H,9H2,1H3/t10-/m1/s1. The van der Waals surface area contributed by atoms with Crippen LogP contribution in [0.25, 0.3) is 11.0 Å². The average Bonchev–Trinajstić information content (AvgIpc) is 2.82. The summed E-state index contributed by atoms with van der Waals surface area (Å²) in [5.41, 5.74) is 2.62. The van der Waals surface area contributed by atoms with E-state index >= 15 is 0 Å². The van der Waals surface area contributed by atoms with Gasteiger partial charge in [-0.15, -0.1) is 0 Å². The molecule has 0 radical (unpaired) electrons. The van der Waals surface area contributed by atoms with Crippen molar-refractivity contribution in [3.05, 3.63) is 63.9 Å². The largest absolute Gasteiger partial charge is 0.385 e. The van der Waals surface area contributed by atoms with E-state index in [0.717, 1.165) is 16.6 Å². The van der Waals surface area contributed by atoms with Crippen LogP contribution in [0.15, 0.2) is 42.5 Å². The number of fused-ring (bicyclic) bond motifs is 1. The Kier molecular flexibility index (Phi) is 3.89. The lowest BCUT2D eigenvalue weighted by atomic mass is 10.2. The van der Waals surface area contributed by atoms with Crippen LogP contribution < -0.4 is 0 Å². The van der Waals surface area contributed by atoms with Crippen molar-refractivity contribution < 1.29 is 5.11 Å². The molecule has 0 spiro atoms. The van der Waals surface area contributed by atoms with Gasteiger partial charge in [-0.25, -0.2) is 4.98 Å². The molecule has 1 N–H and O–H groups in total. The molecule has 0 fully saturated rings. The van der Waals surface area contributed by atoms with Crippen molar-refractivity contribution in [3.63, 3.8) is 0 Å². The van der Waals surface area contributed by atoms with Crippen molar-refractivity contribution >= 4 is 34.2 Å². The van der Waals surface area contributed by atoms with E-state index in [1.54, 1.807) is 6.92 Å². The van der Waals surface area contributed by atoms with Crippen molar-refractivity contribution in [2.24, 2.45) is 0 Å². The summed E-state index contributed by atoms with van der Waals surface area (Å²) in [5, 5.41) is 11.2. The first kappa shape index (κ1) is 14.4. The molecular weight excluding hydrogens is 307 g/mol. The first-order valence-electron chi connectivity index (χ1n) is 6.64. The lowest BCUT2D eigenvalue weighted by Crippen LogP contribution is -2.08. The summed E-state index contributed by atoms with van der Waals surface area (Å²) in [7, 11) is 0. The molecule has 2 aromatic carbocycles. The second kappa shape index (κ2) is 5.68. The summed E-state index contributed by atoms with van der Waals surface area (Å²) in [6.45, 7) is 2.17. The number of halogens is 2. The zero-order valence-corrected chi connectivity index (χ0v) is 12.9. The number of nitrogens with zero attached hydrogens (tertiary/aromatic N) is 2. The van der Waals surface area contributed by atoms with Crippen molar-refractivity contribution in [2.75, 3.05) is 0 Å². The van der Waals surface area contributed by atoms with Crippen molar-refractivity contribution in [2.45, 2.75) is 19.6 Å². The molecule has 0 aliphatic heterocycles.